The largest absolute Gasteiger partial charge is 0.357 e. The number of pyridine rings is 1. The lowest BCUT2D eigenvalue weighted by Crippen LogP contribution is -2.45. The first-order valence-corrected chi connectivity index (χ1v) is 9.72. The van der Waals surface area contributed by atoms with Crippen molar-refractivity contribution in [1.82, 2.24) is 15.6 Å². The van der Waals surface area contributed by atoms with Crippen molar-refractivity contribution in [2.45, 2.75) is 19.4 Å². The number of aromatic nitrogens is 1. The number of carbonyl (C=O) groups excluding carboxylic acids is 1. The van der Waals surface area contributed by atoms with E-state index < -0.39 is 34.9 Å². The molecule has 3 rings (SSSR count). The summed E-state index contributed by atoms with van der Waals surface area (Å²) >= 11 is 0. The van der Waals surface area contributed by atoms with Crippen molar-refractivity contribution in [3.63, 3.8) is 0 Å². The van der Waals surface area contributed by atoms with E-state index in [0.29, 0.717) is 32.0 Å². The first kappa shape index (κ1) is 25.6. The van der Waals surface area contributed by atoms with E-state index in [4.69, 9.17) is 0 Å². The number of amides is 1. The maximum atomic E-state index is 13.9. The molecule has 0 bridgehead atoms. The maximum Gasteiger partial charge on any atom is 0.246 e. The topological polar surface area (TPSA) is 81.6 Å². The first-order valence-electron chi connectivity index (χ1n) is 9.72. The molecule has 2 aromatic rings. The van der Waals surface area contributed by atoms with E-state index >= 15 is 0 Å². The van der Waals surface area contributed by atoms with Crippen LogP contribution in [0.15, 0.2) is 35.5 Å². The molecule has 1 amide bonds. The normalized spacial score (nSPS) is 15.8. The van der Waals surface area contributed by atoms with Gasteiger partial charge < -0.3 is 20.9 Å². The number of nitrogens with one attached hydrogen (secondary N) is 3. The molecule has 1 saturated heterocycles. The van der Waals surface area contributed by atoms with E-state index in [1.165, 1.54) is 18.3 Å². The van der Waals surface area contributed by atoms with Gasteiger partial charge in [0.05, 0.1) is 5.69 Å². The fourth-order valence-electron chi connectivity index (χ4n) is 3.16. The fourth-order valence-corrected chi connectivity index (χ4v) is 3.16. The lowest BCUT2D eigenvalue weighted by molar-refractivity contribution is -0.114. The van der Waals surface area contributed by atoms with Gasteiger partial charge in [0.25, 0.3) is 0 Å². The molecule has 174 valence electrons. The number of hydrogen-bond donors (Lipinski definition) is 3. The number of hydrogen-bond acceptors (Lipinski definition) is 4. The molecule has 1 unspecified atom stereocenters. The Bertz CT molecular complexity index is 977. The highest BCUT2D eigenvalue weighted by Crippen LogP contribution is 2.21. The van der Waals surface area contributed by atoms with Crippen molar-refractivity contribution >= 4 is 47.3 Å². The molecule has 7 nitrogen and oxygen atoms in total. The molecule has 1 aliphatic heterocycles. The van der Waals surface area contributed by atoms with E-state index in [9.17, 15) is 22.4 Å². The summed E-state index contributed by atoms with van der Waals surface area (Å²) in [5, 5.41) is 8.32. The second-order valence-corrected chi connectivity index (χ2v) is 6.85. The van der Waals surface area contributed by atoms with Gasteiger partial charge in [0, 0.05) is 31.9 Å². The zero-order chi connectivity index (χ0) is 22.4. The predicted molar refractivity (Wildman–Crippen MR) is 124 cm³/mol. The third kappa shape index (κ3) is 6.43. The highest BCUT2D eigenvalue weighted by molar-refractivity contribution is 14.0. The molecule has 1 aromatic heterocycles. The number of halogens is 5. The second-order valence-electron chi connectivity index (χ2n) is 6.85. The Morgan fingerprint density at radius 1 is 1.19 bits per heavy atom. The number of anilines is 2. The molecule has 1 fully saturated rings. The Morgan fingerprint density at radius 2 is 1.97 bits per heavy atom. The average Bonchev–Trinajstić information content (AvgIpc) is 3.21. The molecular weight excluding hydrogens is 543 g/mol. The smallest absolute Gasteiger partial charge is 0.246 e. The SMILES string of the molecule is CCNC(=NCC(=O)Nc1ccc(F)c(F)c1F)NC1CCN(c2ncccc2F)C1.I. The van der Waals surface area contributed by atoms with Crippen molar-refractivity contribution in [2.75, 3.05) is 36.4 Å². The Labute approximate surface area is 199 Å². The third-order valence-corrected chi connectivity index (χ3v) is 4.60. The molecule has 0 aliphatic carbocycles. The number of rotatable bonds is 6. The summed E-state index contributed by atoms with van der Waals surface area (Å²) in [5.41, 5.74) is -0.471. The molecule has 0 radical (unpaired) electrons. The Hall–Kier alpha value is -2.64. The van der Waals surface area contributed by atoms with Gasteiger partial charge in [-0.05, 0) is 37.6 Å². The van der Waals surface area contributed by atoms with Crippen LogP contribution in [-0.2, 0) is 4.79 Å². The molecule has 12 heteroatoms. The molecule has 2 heterocycles. The number of benzene rings is 1. The number of guanidine groups is 1. The minimum absolute atomic E-state index is 0. The maximum absolute atomic E-state index is 13.9. The fraction of sp³-hybridized carbons (Fsp3) is 0.350. The van der Waals surface area contributed by atoms with Crippen molar-refractivity contribution in [2.24, 2.45) is 4.99 Å². The van der Waals surface area contributed by atoms with Crippen LogP contribution >= 0.6 is 24.0 Å². The van der Waals surface area contributed by atoms with Crippen LogP contribution in [0.3, 0.4) is 0 Å². The van der Waals surface area contributed by atoms with Gasteiger partial charge in [-0.2, -0.15) is 0 Å². The summed E-state index contributed by atoms with van der Waals surface area (Å²) < 4.78 is 53.9. The van der Waals surface area contributed by atoms with Gasteiger partial charge in [-0.3, -0.25) is 4.79 Å². The van der Waals surface area contributed by atoms with Gasteiger partial charge in [-0.15, -0.1) is 24.0 Å². The zero-order valence-electron chi connectivity index (χ0n) is 17.2. The van der Waals surface area contributed by atoms with Gasteiger partial charge in [-0.1, -0.05) is 0 Å². The standard InChI is InChI=1S/C20H22F4N6O.HI/c1-2-25-20(27-10-16(31)29-15-6-5-13(21)17(23)18(15)24)28-12-7-9-30(11-12)19-14(22)4-3-8-26-19;/h3-6,8,12H,2,7,9-11H2,1H3,(H,29,31)(H2,25,27,28);1H. The Balaban J connectivity index is 0.00000363. The van der Waals surface area contributed by atoms with Crippen LogP contribution in [0.25, 0.3) is 0 Å². The van der Waals surface area contributed by atoms with Crippen LogP contribution in [-0.4, -0.2) is 49.1 Å². The minimum Gasteiger partial charge on any atom is -0.357 e. The Kier molecular flexibility index (Phi) is 9.47. The van der Waals surface area contributed by atoms with Crippen LogP contribution in [0.4, 0.5) is 29.1 Å². The molecular formula is C20H23F4IN6O. The van der Waals surface area contributed by atoms with Crippen molar-refractivity contribution in [3.05, 3.63) is 53.7 Å². The molecule has 0 saturated carbocycles. The van der Waals surface area contributed by atoms with E-state index in [0.717, 1.165) is 12.1 Å². The van der Waals surface area contributed by atoms with Crippen molar-refractivity contribution in [1.29, 1.82) is 0 Å². The molecule has 1 aromatic carbocycles. The summed E-state index contributed by atoms with van der Waals surface area (Å²) in [6.45, 7) is 3.08. The summed E-state index contributed by atoms with van der Waals surface area (Å²) in [4.78, 5) is 22.1. The van der Waals surface area contributed by atoms with Gasteiger partial charge in [0.1, 0.15) is 6.54 Å². The van der Waals surface area contributed by atoms with Gasteiger partial charge >= 0.3 is 0 Å². The second kappa shape index (κ2) is 11.8. The van der Waals surface area contributed by atoms with Crippen LogP contribution in [0, 0.1) is 23.3 Å². The lowest BCUT2D eigenvalue weighted by atomic mass is 10.2. The van der Waals surface area contributed by atoms with Gasteiger partial charge in [0.2, 0.25) is 5.91 Å². The van der Waals surface area contributed by atoms with E-state index in [1.54, 1.807) is 0 Å². The van der Waals surface area contributed by atoms with Crippen LogP contribution < -0.4 is 20.9 Å². The van der Waals surface area contributed by atoms with Crippen molar-refractivity contribution < 1.29 is 22.4 Å². The quantitative estimate of drug-likeness (QED) is 0.165. The van der Waals surface area contributed by atoms with Crippen LogP contribution in [0.5, 0.6) is 0 Å². The predicted octanol–water partition coefficient (Wildman–Crippen LogP) is 3.03. The first-order chi connectivity index (χ1) is 14.9. The zero-order valence-corrected chi connectivity index (χ0v) is 19.5. The molecule has 1 atom stereocenters. The number of carbonyl (C=O) groups is 1. The molecule has 1 aliphatic rings. The Morgan fingerprint density at radius 3 is 2.69 bits per heavy atom. The monoisotopic (exact) mass is 566 g/mol. The van der Waals surface area contributed by atoms with Crippen LogP contribution in [0.1, 0.15) is 13.3 Å². The molecule has 3 N–H and O–H groups in total. The lowest BCUT2D eigenvalue weighted by Gasteiger charge is -2.19. The molecule has 0 spiro atoms. The third-order valence-electron chi connectivity index (χ3n) is 4.60. The number of aliphatic imine (C=N–C) groups is 1. The number of nitrogens with zero attached hydrogens (tertiary/aromatic N) is 3. The van der Waals surface area contributed by atoms with E-state index in [2.05, 4.69) is 25.9 Å². The highest BCUT2D eigenvalue weighted by atomic mass is 127. The summed E-state index contributed by atoms with van der Waals surface area (Å²) in [6, 6.07) is 4.47. The summed E-state index contributed by atoms with van der Waals surface area (Å²) in [5.74, 6) is -4.96. The van der Waals surface area contributed by atoms with Gasteiger partial charge in [0.15, 0.2) is 35.0 Å². The van der Waals surface area contributed by atoms with Crippen LogP contribution in [0.2, 0.25) is 0 Å². The summed E-state index contributed by atoms with van der Waals surface area (Å²) in [7, 11) is 0. The molecule has 32 heavy (non-hydrogen) atoms. The highest BCUT2D eigenvalue weighted by Gasteiger charge is 2.26. The minimum atomic E-state index is -1.66. The summed E-state index contributed by atoms with van der Waals surface area (Å²) in [6.07, 6.45) is 2.23. The average molecular weight is 566 g/mol. The van der Waals surface area contributed by atoms with E-state index in [1.807, 2.05) is 11.8 Å². The van der Waals surface area contributed by atoms with Crippen molar-refractivity contribution in [3.8, 4) is 0 Å². The van der Waals surface area contributed by atoms with Gasteiger partial charge in [-0.25, -0.2) is 27.5 Å². The van der Waals surface area contributed by atoms with E-state index in [-0.39, 0.29) is 42.4 Å².